The molecule has 0 fully saturated rings. The minimum absolute atomic E-state index is 0.319. The highest BCUT2D eigenvalue weighted by molar-refractivity contribution is 5.89. The van der Waals surface area contributed by atoms with Crippen LogP contribution in [0.5, 0.6) is 0 Å². The number of rotatable bonds is 4. The summed E-state index contributed by atoms with van der Waals surface area (Å²) in [5.41, 5.74) is 1.79. The molecule has 0 heterocycles. The summed E-state index contributed by atoms with van der Waals surface area (Å²) in [6, 6.07) is 18.8. The van der Waals surface area contributed by atoms with Crippen molar-refractivity contribution >= 4 is 10.8 Å². The standard InChI is InChI=1S/C26H19F5/c1-2-3-16-4-11-22-20(14-16)9-12-21(25(22)28)18-7-5-17(6-8-18)19-10-13-23(24(27)15-19)26(29,30)31/h4-15H,2-3H2,1H3. The molecule has 5 heteroatoms. The molecule has 0 nitrogen and oxygen atoms in total. The lowest BCUT2D eigenvalue weighted by Crippen LogP contribution is -2.07. The summed E-state index contributed by atoms with van der Waals surface area (Å²) < 4.78 is 67.3. The predicted molar refractivity (Wildman–Crippen MR) is 114 cm³/mol. The molecular weight excluding hydrogens is 407 g/mol. The Bertz CT molecular complexity index is 1240. The molecule has 0 bridgehead atoms. The van der Waals surface area contributed by atoms with Gasteiger partial charge in [-0.1, -0.05) is 74.0 Å². The Hall–Kier alpha value is -3.21. The van der Waals surface area contributed by atoms with Gasteiger partial charge in [0, 0.05) is 10.9 Å². The van der Waals surface area contributed by atoms with Crippen LogP contribution in [0.4, 0.5) is 22.0 Å². The fourth-order valence-corrected chi connectivity index (χ4v) is 3.78. The van der Waals surface area contributed by atoms with Gasteiger partial charge in [0.2, 0.25) is 0 Å². The molecule has 31 heavy (non-hydrogen) atoms. The molecule has 0 spiro atoms. The second-order valence-electron chi connectivity index (χ2n) is 7.50. The molecule has 0 aliphatic carbocycles. The average Bonchev–Trinajstić information content (AvgIpc) is 2.73. The molecule has 0 N–H and O–H groups in total. The summed E-state index contributed by atoms with van der Waals surface area (Å²) in [7, 11) is 0. The lowest BCUT2D eigenvalue weighted by Gasteiger charge is -2.11. The fourth-order valence-electron chi connectivity index (χ4n) is 3.78. The summed E-state index contributed by atoms with van der Waals surface area (Å²) >= 11 is 0. The number of aryl methyl sites for hydroxylation is 1. The van der Waals surface area contributed by atoms with E-state index in [2.05, 4.69) is 6.92 Å². The summed E-state index contributed by atoms with van der Waals surface area (Å²) in [6.45, 7) is 2.09. The lowest BCUT2D eigenvalue weighted by atomic mass is 9.96. The van der Waals surface area contributed by atoms with Gasteiger partial charge in [0.05, 0.1) is 5.56 Å². The van der Waals surface area contributed by atoms with Crippen LogP contribution in [0.3, 0.4) is 0 Å². The summed E-state index contributed by atoms with van der Waals surface area (Å²) in [5.74, 6) is -1.65. The van der Waals surface area contributed by atoms with Gasteiger partial charge in [-0.15, -0.1) is 0 Å². The molecule has 0 amide bonds. The molecule has 0 aliphatic heterocycles. The van der Waals surface area contributed by atoms with Crippen LogP contribution in [0.2, 0.25) is 0 Å². The number of benzene rings is 4. The zero-order valence-electron chi connectivity index (χ0n) is 16.7. The molecule has 0 unspecified atom stereocenters. The summed E-state index contributed by atoms with van der Waals surface area (Å²) in [6.07, 6.45) is -2.79. The van der Waals surface area contributed by atoms with Crippen LogP contribution in [-0.4, -0.2) is 0 Å². The molecule has 0 radical (unpaired) electrons. The van der Waals surface area contributed by atoms with Gasteiger partial charge in [0.25, 0.3) is 0 Å². The van der Waals surface area contributed by atoms with Gasteiger partial charge >= 0.3 is 6.18 Å². The van der Waals surface area contributed by atoms with Crippen molar-refractivity contribution in [1.29, 1.82) is 0 Å². The molecule has 0 atom stereocenters. The van der Waals surface area contributed by atoms with Gasteiger partial charge in [-0.2, -0.15) is 13.2 Å². The maximum Gasteiger partial charge on any atom is 0.419 e. The van der Waals surface area contributed by atoms with Gasteiger partial charge in [-0.05, 0) is 46.2 Å². The van der Waals surface area contributed by atoms with E-state index in [4.69, 9.17) is 0 Å². The highest BCUT2D eigenvalue weighted by Gasteiger charge is 2.33. The van der Waals surface area contributed by atoms with Crippen molar-refractivity contribution in [1.82, 2.24) is 0 Å². The maximum absolute atomic E-state index is 15.1. The van der Waals surface area contributed by atoms with Crippen molar-refractivity contribution in [2.75, 3.05) is 0 Å². The second-order valence-corrected chi connectivity index (χ2v) is 7.50. The van der Waals surface area contributed by atoms with Crippen molar-refractivity contribution in [3.63, 3.8) is 0 Å². The highest BCUT2D eigenvalue weighted by Crippen LogP contribution is 2.35. The molecule has 0 saturated heterocycles. The Morgan fingerprint density at radius 1 is 0.710 bits per heavy atom. The van der Waals surface area contributed by atoms with Crippen LogP contribution >= 0.6 is 0 Å². The largest absolute Gasteiger partial charge is 0.419 e. The number of alkyl halides is 3. The third kappa shape index (κ3) is 4.18. The third-order valence-corrected chi connectivity index (χ3v) is 5.36. The molecule has 4 aromatic rings. The summed E-state index contributed by atoms with van der Waals surface area (Å²) in [5, 5.41) is 1.37. The van der Waals surface area contributed by atoms with Gasteiger partial charge in [-0.3, -0.25) is 0 Å². The van der Waals surface area contributed by atoms with Crippen LogP contribution in [-0.2, 0) is 12.6 Å². The minimum atomic E-state index is -4.74. The van der Waals surface area contributed by atoms with Gasteiger partial charge in [0.1, 0.15) is 11.6 Å². The molecular formula is C26H19F5. The van der Waals surface area contributed by atoms with E-state index in [1.807, 2.05) is 18.2 Å². The zero-order valence-corrected chi connectivity index (χ0v) is 16.7. The Kier molecular flexibility index (Phi) is 5.52. The quantitative estimate of drug-likeness (QED) is 0.287. The first-order valence-electron chi connectivity index (χ1n) is 9.96. The van der Waals surface area contributed by atoms with E-state index in [9.17, 15) is 17.6 Å². The van der Waals surface area contributed by atoms with E-state index in [0.717, 1.165) is 35.9 Å². The van der Waals surface area contributed by atoms with Crippen molar-refractivity contribution in [3.05, 3.63) is 95.6 Å². The Balaban J connectivity index is 1.67. The topological polar surface area (TPSA) is 0 Å². The molecule has 4 aromatic carbocycles. The summed E-state index contributed by atoms with van der Waals surface area (Å²) in [4.78, 5) is 0. The highest BCUT2D eigenvalue weighted by atomic mass is 19.4. The maximum atomic E-state index is 15.1. The van der Waals surface area contributed by atoms with E-state index < -0.39 is 17.6 Å². The van der Waals surface area contributed by atoms with Gasteiger partial charge in [0.15, 0.2) is 0 Å². The van der Waals surface area contributed by atoms with Crippen LogP contribution in [0, 0.1) is 11.6 Å². The van der Waals surface area contributed by atoms with Crippen molar-refractivity contribution in [2.24, 2.45) is 0 Å². The Morgan fingerprint density at radius 3 is 2.03 bits per heavy atom. The first kappa shape index (κ1) is 21.0. The Morgan fingerprint density at radius 2 is 1.39 bits per heavy atom. The zero-order chi connectivity index (χ0) is 22.2. The molecule has 0 aromatic heterocycles. The van der Waals surface area contributed by atoms with E-state index in [0.29, 0.717) is 27.6 Å². The van der Waals surface area contributed by atoms with E-state index in [-0.39, 0.29) is 5.82 Å². The fraction of sp³-hybridized carbons (Fsp3) is 0.154. The smallest absolute Gasteiger partial charge is 0.206 e. The lowest BCUT2D eigenvalue weighted by molar-refractivity contribution is -0.139. The van der Waals surface area contributed by atoms with Crippen LogP contribution in [0.15, 0.2) is 72.8 Å². The number of fused-ring (bicyclic) bond motifs is 1. The van der Waals surface area contributed by atoms with E-state index in [1.165, 1.54) is 6.07 Å². The van der Waals surface area contributed by atoms with Crippen LogP contribution in [0.1, 0.15) is 24.5 Å². The number of halogens is 5. The molecule has 158 valence electrons. The predicted octanol–water partition coefficient (Wildman–Crippen LogP) is 8.42. The molecule has 0 saturated carbocycles. The monoisotopic (exact) mass is 426 g/mol. The van der Waals surface area contributed by atoms with E-state index in [1.54, 1.807) is 36.4 Å². The normalized spacial score (nSPS) is 11.8. The first-order chi connectivity index (χ1) is 14.8. The van der Waals surface area contributed by atoms with Crippen LogP contribution < -0.4 is 0 Å². The van der Waals surface area contributed by atoms with Crippen molar-refractivity contribution in [2.45, 2.75) is 25.9 Å². The molecule has 4 rings (SSSR count). The van der Waals surface area contributed by atoms with Crippen LogP contribution in [0.25, 0.3) is 33.0 Å². The minimum Gasteiger partial charge on any atom is -0.206 e. The van der Waals surface area contributed by atoms with Crippen molar-refractivity contribution in [3.8, 4) is 22.3 Å². The average molecular weight is 426 g/mol. The first-order valence-corrected chi connectivity index (χ1v) is 9.96. The number of hydrogen-bond acceptors (Lipinski definition) is 0. The second kappa shape index (κ2) is 8.14. The van der Waals surface area contributed by atoms with E-state index >= 15 is 4.39 Å². The number of hydrogen-bond donors (Lipinski definition) is 0. The van der Waals surface area contributed by atoms with Crippen molar-refractivity contribution < 1.29 is 22.0 Å². The molecule has 0 aliphatic rings. The third-order valence-electron chi connectivity index (χ3n) is 5.36. The SMILES string of the molecule is CCCc1ccc2c(F)c(-c3ccc(-c4ccc(C(F)(F)F)c(F)c4)cc3)ccc2c1. The Labute approximate surface area is 177 Å². The van der Waals surface area contributed by atoms with Gasteiger partial charge < -0.3 is 0 Å². The van der Waals surface area contributed by atoms with Gasteiger partial charge in [-0.25, -0.2) is 8.78 Å².